The number of carbonyl (C=O) groups excluding carboxylic acids is 1. The van der Waals surface area contributed by atoms with Crippen LogP contribution in [0, 0.1) is 5.82 Å². The summed E-state index contributed by atoms with van der Waals surface area (Å²) < 4.78 is 18.0. The average molecular weight is 250 g/mol. The molecule has 6 nitrogen and oxygen atoms in total. The zero-order valence-corrected chi connectivity index (χ0v) is 9.39. The highest BCUT2D eigenvalue weighted by Gasteiger charge is 2.10. The minimum Gasteiger partial charge on any atom is -0.339 e. The fraction of sp³-hybridized carbons (Fsp3) is 0.182. The molecule has 2 aromatic rings. The molecule has 1 heterocycles. The van der Waals surface area contributed by atoms with E-state index in [4.69, 9.17) is 10.4 Å². The summed E-state index contributed by atoms with van der Waals surface area (Å²) in [6, 6.07) is 5.87. The second kappa shape index (κ2) is 5.37. The number of hydrazine groups is 1. The third-order valence-corrected chi connectivity index (χ3v) is 2.28. The number of rotatable bonds is 4. The van der Waals surface area contributed by atoms with Crippen LogP contribution in [0.15, 0.2) is 28.8 Å². The van der Waals surface area contributed by atoms with Crippen LogP contribution in [0.4, 0.5) is 4.39 Å². The zero-order chi connectivity index (χ0) is 13.0. The maximum Gasteiger partial charge on any atom is 0.234 e. The molecule has 0 unspecified atom stereocenters. The van der Waals surface area contributed by atoms with Gasteiger partial charge in [0.1, 0.15) is 5.82 Å². The SMILES string of the molecule is NNC(=O)CCc1nc(-c2cccc(F)c2)no1. The average Bonchev–Trinajstić information content (AvgIpc) is 2.84. The largest absolute Gasteiger partial charge is 0.339 e. The first kappa shape index (κ1) is 12.2. The molecule has 0 radical (unpaired) electrons. The Morgan fingerprint density at radius 3 is 3.06 bits per heavy atom. The number of aryl methyl sites for hydroxylation is 1. The highest BCUT2D eigenvalue weighted by atomic mass is 19.1. The lowest BCUT2D eigenvalue weighted by molar-refractivity contribution is -0.121. The Morgan fingerprint density at radius 2 is 2.33 bits per heavy atom. The minimum absolute atomic E-state index is 0.154. The van der Waals surface area contributed by atoms with Crippen LogP contribution in [-0.4, -0.2) is 16.0 Å². The van der Waals surface area contributed by atoms with E-state index in [9.17, 15) is 9.18 Å². The quantitative estimate of drug-likeness (QED) is 0.475. The third-order valence-electron chi connectivity index (χ3n) is 2.28. The van der Waals surface area contributed by atoms with E-state index in [0.29, 0.717) is 11.5 Å². The number of nitrogens with two attached hydrogens (primary N) is 1. The van der Waals surface area contributed by atoms with Gasteiger partial charge >= 0.3 is 0 Å². The summed E-state index contributed by atoms with van der Waals surface area (Å²) in [7, 11) is 0. The lowest BCUT2D eigenvalue weighted by atomic mass is 10.2. The fourth-order valence-corrected chi connectivity index (χ4v) is 1.39. The molecule has 0 aliphatic rings. The van der Waals surface area contributed by atoms with Gasteiger partial charge in [0, 0.05) is 18.4 Å². The molecule has 94 valence electrons. The van der Waals surface area contributed by atoms with Crippen LogP contribution in [0.2, 0.25) is 0 Å². The molecule has 3 N–H and O–H groups in total. The van der Waals surface area contributed by atoms with Crippen molar-refractivity contribution < 1.29 is 13.7 Å². The summed E-state index contributed by atoms with van der Waals surface area (Å²) in [6.45, 7) is 0. The van der Waals surface area contributed by atoms with Crippen LogP contribution in [0.25, 0.3) is 11.4 Å². The molecule has 0 bridgehead atoms. The zero-order valence-electron chi connectivity index (χ0n) is 9.39. The monoisotopic (exact) mass is 250 g/mol. The van der Waals surface area contributed by atoms with Crippen molar-refractivity contribution in [1.29, 1.82) is 0 Å². The van der Waals surface area contributed by atoms with Crippen LogP contribution < -0.4 is 11.3 Å². The van der Waals surface area contributed by atoms with Crippen LogP contribution in [0.5, 0.6) is 0 Å². The van der Waals surface area contributed by atoms with Crippen LogP contribution in [0.3, 0.4) is 0 Å². The summed E-state index contributed by atoms with van der Waals surface area (Å²) in [4.78, 5) is 15.0. The number of hydrogen-bond donors (Lipinski definition) is 2. The number of amides is 1. The molecule has 0 saturated carbocycles. The van der Waals surface area contributed by atoms with Crippen molar-refractivity contribution in [2.45, 2.75) is 12.8 Å². The third kappa shape index (κ3) is 2.89. The first-order chi connectivity index (χ1) is 8.69. The summed E-state index contributed by atoms with van der Waals surface area (Å²) in [5.41, 5.74) is 2.52. The van der Waals surface area contributed by atoms with Crippen molar-refractivity contribution in [3.8, 4) is 11.4 Å². The highest BCUT2D eigenvalue weighted by Crippen LogP contribution is 2.16. The molecule has 1 amide bonds. The van der Waals surface area contributed by atoms with Gasteiger partial charge in [0.25, 0.3) is 0 Å². The Morgan fingerprint density at radius 1 is 1.50 bits per heavy atom. The predicted octanol–water partition coefficient (Wildman–Crippen LogP) is 0.798. The van der Waals surface area contributed by atoms with E-state index >= 15 is 0 Å². The van der Waals surface area contributed by atoms with Crippen LogP contribution in [0.1, 0.15) is 12.3 Å². The lowest BCUT2D eigenvalue weighted by Crippen LogP contribution is -2.30. The van der Waals surface area contributed by atoms with Gasteiger partial charge in [-0.3, -0.25) is 10.2 Å². The molecule has 0 saturated heterocycles. The Labute approximate surface area is 102 Å². The van der Waals surface area contributed by atoms with Gasteiger partial charge in [-0.1, -0.05) is 17.3 Å². The highest BCUT2D eigenvalue weighted by molar-refractivity contribution is 5.75. The molecule has 18 heavy (non-hydrogen) atoms. The number of halogens is 1. The summed E-state index contributed by atoms with van der Waals surface area (Å²) in [5.74, 6) is 4.84. The smallest absolute Gasteiger partial charge is 0.234 e. The van der Waals surface area contributed by atoms with Crippen LogP contribution >= 0.6 is 0 Å². The van der Waals surface area contributed by atoms with E-state index in [1.165, 1.54) is 12.1 Å². The molecular weight excluding hydrogens is 239 g/mol. The number of nitrogens with one attached hydrogen (secondary N) is 1. The van der Waals surface area contributed by atoms with Crippen molar-refractivity contribution in [3.05, 3.63) is 36.0 Å². The molecule has 2 rings (SSSR count). The molecule has 7 heteroatoms. The first-order valence-corrected chi connectivity index (χ1v) is 5.27. The van der Waals surface area contributed by atoms with Crippen molar-refractivity contribution in [2.24, 2.45) is 5.84 Å². The topological polar surface area (TPSA) is 94.0 Å². The van der Waals surface area contributed by atoms with E-state index < -0.39 is 0 Å². The van der Waals surface area contributed by atoms with Crippen molar-refractivity contribution >= 4 is 5.91 Å². The van der Waals surface area contributed by atoms with Gasteiger partial charge in [-0.25, -0.2) is 10.2 Å². The van der Waals surface area contributed by atoms with Gasteiger partial charge in [0.05, 0.1) is 0 Å². The number of aromatic nitrogens is 2. The minimum atomic E-state index is -0.374. The normalized spacial score (nSPS) is 10.3. The number of carbonyl (C=O) groups is 1. The molecule has 1 aromatic carbocycles. The standard InChI is InChI=1S/C11H11FN4O2/c12-8-3-1-2-7(6-8)11-14-10(18-16-11)5-4-9(17)15-13/h1-3,6H,4-5,13H2,(H,15,17). The van der Waals surface area contributed by atoms with Crippen molar-refractivity contribution in [2.75, 3.05) is 0 Å². The molecule has 0 fully saturated rings. The Balaban J connectivity index is 2.08. The van der Waals surface area contributed by atoms with Gasteiger partial charge in [0.15, 0.2) is 0 Å². The molecular formula is C11H11FN4O2. The van der Waals surface area contributed by atoms with Crippen LogP contribution in [-0.2, 0) is 11.2 Å². The lowest BCUT2D eigenvalue weighted by Gasteiger charge is -1.94. The van der Waals surface area contributed by atoms with Crippen molar-refractivity contribution in [3.63, 3.8) is 0 Å². The number of hydrogen-bond acceptors (Lipinski definition) is 5. The van der Waals surface area contributed by atoms with Gasteiger partial charge < -0.3 is 4.52 Å². The number of benzene rings is 1. The van der Waals surface area contributed by atoms with E-state index in [2.05, 4.69) is 10.1 Å². The van der Waals surface area contributed by atoms with E-state index in [1.54, 1.807) is 12.1 Å². The van der Waals surface area contributed by atoms with E-state index in [-0.39, 0.29) is 30.4 Å². The van der Waals surface area contributed by atoms with E-state index in [0.717, 1.165) is 0 Å². The fourth-order valence-electron chi connectivity index (χ4n) is 1.39. The van der Waals surface area contributed by atoms with Gasteiger partial charge in [-0.05, 0) is 12.1 Å². The second-order valence-corrected chi connectivity index (χ2v) is 3.59. The number of nitrogens with zero attached hydrogens (tertiary/aromatic N) is 2. The first-order valence-electron chi connectivity index (χ1n) is 5.27. The van der Waals surface area contributed by atoms with Gasteiger partial charge in [-0.2, -0.15) is 4.98 Å². The molecule has 1 aromatic heterocycles. The maximum atomic E-state index is 13.0. The summed E-state index contributed by atoms with van der Waals surface area (Å²) in [5, 5.41) is 3.72. The molecule has 0 atom stereocenters. The van der Waals surface area contributed by atoms with Crippen molar-refractivity contribution in [1.82, 2.24) is 15.6 Å². The Kier molecular flexibility index (Phi) is 3.63. The Bertz CT molecular complexity index is 555. The second-order valence-electron chi connectivity index (χ2n) is 3.59. The Hall–Kier alpha value is -2.28. The molecule has 0 spiro atoms. The summed E-state index contributed by atoms with van der Waals surface area (Å²) in [6.07, 6.45) is 0.437. The molecule has 0 aliphatic heterocycles. The molecule has 0 aliphatic carbocycles. The predicted molar refractivity (Wildman–Crippen MR) is 60.3 cm³/mol. The maximum absolute atomic E-state index is 13.0. The summed E-state index contributed by atoms with van der Waals surface area (Å²) >= 11 is 0. The van der Waals surface area contributed by atoms with E-state index in [1.807, 2.05) is 5.43 Å². The van der Waals surface area contributed by atoms with Gasteiger partial charge in [0.2, 0.25) is 17.6 Å². The van der Waals surface area contributed by atoms with Gasteiger partial charge in [-0.15, -0.1) is 0 Å².